The van der Waals surface area contributed by atoms with E-state index in [4.69, 9.17) is 5.11 Å². The van der Waals surface area contributed by atoms with Gasteiger partial charge in [-0.15, -0.1) is 0 Å². The third kappa shape index (κ3) is 3.94. The van der Waals surface area contributed by atoms with E-state index in [1.165, 1.54) is 0 Å². The van der Waals surface area contributed by atoms with E-state index in [2.05, 4.69) is 10.4 Å². The van der Waals surface area contributed by atoms with Crippen LogP contribution in [-0.4, -0.2) is 69.4 Å². The van der Waals surface area contributed by atoms with Crippen LogP contribution in [-0.2, 0) is 18.4 Å². The zero-order valence-corrected chi connectivity index (χ0v) is 12.4. The Morgan fingerprint density at radius 3 is 2.52 bits per heavy atom. The fourth-order valence-electron chi connectivity index (χ4n) is 2.30. The van der Waals surface area contributed by atoms with E-state index >= 15 is 0 Å². The van der Waals surface area contributed by atoms with Gasteiger partial charge in [-0.2, -0.15) is 5.10 Å². The minimum absolute atomic E-state index is 0.0321. The number of carboxylic acids is 1. The fourth-order valence-corrected chi connectivity index (χ4v) is 2.30. The molecule has 8 heteroatoms. The van der Waals surface area contributed by atoms with Crippen molar-refractivity contribution in [3.8, 4) is 0 Å². The number of piperazine rings is 1. The number of aryl methyl sites for hydroxylation is 1. The number of carbonyl (C=O) groups is 2. The highest BCUT2D eigenvalue weighted by atomic mass is 16.4. The normalized spacial score (nSPS) is 16.0. The van der Waals surface area contributed by atoms with Crippen LogP contribution in [0.2, 0.25) is 0 Å². The number of aromatic nitrogens is 2. The number of hydrogen-bond acceptors (Lipinski definition) is 4. The van der Waals surface area contributed by atoms with Crippen molar-refractivity contribution in [3.63, 3.8) is 0 Å². The van der Waals surface area contributed by atoms with Crippen molar-refractivity contribution in [2.24, 2.45) is 7.05 Å². The fraction of sp³-hybridized carbons (Fsp3) is 0.615. The summed E-state index contributed by atoms with van der Waals surface area (Å²) in [7, 11) is 1.86. The molecule has 2 amide bonds. The van der Waals surface area contributed by atoms with Crippen LogP contribution in [0.15, 0.2) is 6.20 Å². The molecule has 116 valence electrons. The molecule has 0 radical (unpaired) electrons. The lowest BCUT2D eigenvalue weighted by Gasteiger charge is -2.33. The first-order valence-corrected chi connectivity index (χ1v) is 6.91. The minimum atomic E-state index is -0.833. The Hall–Kier alpha value is -2.09. The first kappa shape index (κ1) is 15.3. The van der Waals surface area contributed by atoms with E-state index in [0.29, 0.717) is 32.7 Å². The molecule has 0 spiro atoms. The van der Waals surface area contributed by atoms with Gasteiger partial charge in [-0.1, -0.05) is 0 Å². The number of aliphatic carboxylic acids is 1. The van der Waals surface area contributed by atoms with Crippen LogP contribution in [0, 0.1) is 6.92 Å². The molecule has 2 rings (SSSR count). The largest absolute Gasteiger partial charge is 0.480 e. The maximum atomic E-state index is 12.1. The molecule has 21 heavy (non-hydrogen) atoms. The van der Waals surface area contributed by atoms with Crippen LogP contribution in [0.4, 0.5) is 4.79 Å². The highest BCUT2D eigenvalue weighted by Gasteiger charge is 2.22. The summed E-state index contributed by atoms with van der Waals surface area (Å²) in [6, 6.07) is -0.117. The monoisotopic (exact) mass is 295 g/mol. The predicted octanol–water partition coefficient (Wildman–Crippen LogP) is -0.360. The summed E-state index contributed by atoms with van der Waals surface area (Å²) in [5, 5.41) is 15.7. The average Bonchev–Trinajstić information content (AvgIpc) is 2.76. The zero-order chi connectivity index (χ0) is 15.4. The van der Waals surface area contributed by atoms with Crippen molar-refractivity contribution in [1.29, 1.82) is 0 Å². The van der Waals surface area contributed by atoms with Crippen molar-refractivity contribution in [2.75, 3.05) is 32.7 Å². The number of carbonyl (C=O) groups excluding carboxylic acids is 1. The van der Waals surface area contributed by atoms with E-state index in [1.54, 1.807) is 15.8 Å². The molecule has 0 atom stereocenters. The minimum Gasteiger partial charge on any atom is -0.480 e. The standard InChI is InChI=1S/C13H21N5O3/c1-10-11(8-15-16(10)2)7-14-13(21)18-5-3-17(4-6-18)9-12(19)20/h8H,3-7,9H2,1-2H3,(H,14,21)(H,19,20). The molecular weight excluding hydrogens is 274 g/mol. The first-order valence-electron chi connectivity index (χ1n) is 6.91. The van der Waals surface area contributed by atoms with Crippen molar-refractivity contribution in [2.45, 2.75) is 13.5 Å². The Morgan fingerprint density at radius 1 is 1.33 bits per heavy atom. The zero-order valence-electron chi connectivity index (χ0n) is 12.4. The van der Waals surface area contributed by atoms with Gasteiger partial charge in [-0.25, -0.2) is 4.79 Å². The van der Waals surface area contributed by atoms with Crippen molar-refractivity contribution < 1.29 is 14.7 Å². The van der Waals surface area contributed by atoms with Crippen LogP contribution in [0.5, 0.6) is 0 Å². The molecule has 0 aliphatic carbocycles. The summed E-state index contributed by atoms with van der Waals surface area (Å²) in [4.78, 5) is 26.2. The molecule has 1 fully saturated rings. The van der Waals surface area contributed by atoms with E-state index in [0.717, 1.165) is 11.3 Å². The summed E-state index contributed by atoms with van der Waals surface area (Å²) in [5.41, 5.74) is 2.02. The van der Waals surface area contributed by atoms with Crippen LogP contribution >= 0.6 is 0 Å². The lowest BCUT2D eigenvalue weighted by molar-refractivity contribution is -0.138. The van der Waals surface area contributed by atoms with Crippen molar-refractivity contribution in [3.05, 3.63) is 17.5 Å². The Labute approximate surface area is 123 Å². The Kier molecular flexibility index (Phi) is 4.79. The lowest BCUT2D eigenvalue weighted by atomic mass is 10.2. The topological polar surface area (TPSA) is 90.7 Å². The third-order valence-corrected chi connectivity index (χ3v) is 3.79. The second-order valence-electron chi connectivity index (χ2n) is 5.19. The number of urea groups is 1. The number of rotatable bonds is 4. The summed E-state index contributed by atoms with van der Waals surface area (Å²) in [6.45, 7) is 4.71. The summed E-state index contributed by atoms with van der Waals surface area (Å²) < 4.78 is 1.77. The molecule has 1 aliphatic rings. The Bertz CT molecular complexity index is 520. The SMILES string of the molecule is Cc1c(CNC(=O)N2CCN(CC(=O)O)CC2)cnn1C. The number of carboxylic acid groups (broad SMARTS) is 1. The maximum absolute atomic E-state index is 12.1. The highest BCUT2D eigenvalue weighted by Crippen LogP contribution is 2.06. The average molecular weight is 295 g/mol. The molecule has 1 aromatic heterocycles. The molecule has 0 unspecified atom stereocenters. The molecule has 2 heterocycles. The van der Waals surface area contributed by atoms with Gasteiger partial charge in [-0.05, 0) is 6.92 Å². The van der Waals surface area contributed by atoms with E-state index in [1.807, 2.05) is 18.9 Å². The van der Waals surface area contributed by atoms with Crippen molar-refractivity contribution in [1.82, 2.24) is 24.9 Å². The molecule has 2 N–H and O–H groups in total. The van der Waals surface area contributed by atoms with Gasteiger partial charge in [0.2, 0.25) is 0 Å². The van der Waals surface area contributed by atoms with Gasteiger partial charge in [0.1, 0.15) is 0 Å². The van der Waals surface area contributed by atoms with Crippen LogP contribution < -0.4 is 5.32 Å². The Morgan fingerprint density at radius 2 is 2.00 bits per heavy atom. The van der Waals surface area contributed by atoms with Gasteiger partial charge in [0.15, 0.2) is 0 Å². The van der Waals surface area contributed by atoms with Crippen LogP contribution in [0.25, 0.3) is 0 Å². The maximum Gasteiger partial charge on any atom is 0.317 e. The molecule has 1 aromatic rings. The summed E-state index contributed by atoms with van der Waals surface area (Å²) in [5.74, 6) is -0.833. The second kappa shape index (κ2) is 6.57. The molecule has 1 saturated heterocycles. The van der Waals surface area contributed by atoms with Gasteiger partial charge in [0.05, 0.1) is 12.7 Å². The van der Waals surface area contributed by atoms with Crippen LogP contribution in [0.3, 0.4) is 0 Å². The molecular formula is C13H21N5O3. The molecule has 1 aliphatic heterocycles. The summed E-state index contributed by atoms with van der Waals surface area (Å²) >= 11 is 0. The Balaban J connectivity index is 1.77. The van der Waals surface area contributed by atoms with Crippen LogP contribution in [0.1, 0.15) is 11.3 Å². The van der Waals surface area contributed by atoms with Crippen molar-refractivity contribution >= 4 is 12.0 Å². The molecule has 8 nitrogen and oxygen atoms in total. The third-order valence-electron chi connectivity index (χ3n) is 3.79. The number of amides is 2. The number of nitrogens with zero attached hydrogens (tertiary/aromatic N) is 4. The smallest absolute Gasteiger partial charge is 0.317 e. The first-order chi connectivity index (χ1) is 9.97. The van der Waals surface area contributed by atoms with Gasteiger partial charge in [-0.3, -0.25) is 14.4 Å². The van der Waals surface area contributed by atoms with E-state index < -0.39 is 5.97 Å². The lowest BCUT2D eigenvalue weighted by Crippen LogP contribution is -2.52. The van der Waals surface area contributed by atoms with Gasteiger partial charge < -0.3 is 15.3 Å². The van der Waals surface area contributed by atoms with E-state index in [9.17, 15) is 9.59 Å². The van der Waals surface area contributed by atoms with Gasteiger partial charge >= 0.3 is 12.0 Å². The second-order valence-corrected chi connectivity index (χ2v) is 5.19. The van der Waals surface area contributed by atoms with Gasteiger partial charge in [0.25, 0.3) is 0 Å². The number of hydrogen-bond donors (Lipinski definition) is 2. The quantitative estimate of drug-likeness (QED) is 0.791. The van der Waals surface area contributed by atoms with Gasteiger partial charge in [0, 0.05) is 51.0 Å². The molecule has 0 aromatic carbocycles. The summed E-state index contributed by atoms with van der Waals surface area (Å²) in [6.07, 6.45) is 1.75. The molecule has 0 bridgehead atoms. The van der Waals surface area contributed by atoms with E-state index in [-0.39, 0.29) is 12.6 Å². The number of nitrogens with one attached hydrogen (secondary N) is 1. The molecule has 0 saturated carbocycles. The highest BCUT2D eigenvalue weighted by molar-refractivity contribution is 5.74. The predicted molar refractivity (Wildman–Crippen MR) is 75.8 cm³/mol.